The summed E-state index contributed by atoms with van der Waals surface area (Å²) in [6.07, 6.45) is 10.0. The standard InChI is InChI=1S/C14H29N/c1-4-6-13-7-5-8-14(10-9-13)15-11-12(2)3/h12-15H,4-11H2,1-3H3. The molecule has 2 unspecified atom stereocenters. The lowest BCUT2D eigenvalue weighted by Gasteiger charge is -2.18. The van der Waals surface area contributed by atoms with Crippen molar-refractivity contribution >= 4 is 0 Å². The molecule has 1 heteroatoms. The van der Waals surface area contributed by atoms with Crippen LogP contribution in [0.1, 0.15) is 65.7 Å². The summed E-state index contributed by atoms with van der Waals surface area (Å²) >= 11 is 0. The highest BCUT2D eigenvalue weighted by molar-refractivity contribution is 4.75. The van der Waals surface area contributed by atoms with Crippen LogP contribution in [0.5, 0.6) is 0 Å². The summed E-state index contributed by atoms with van der Waals surface area (Å²) < 4.78 is 0. The second kappa shape index (κ2) is 7.27. The van der Waals surface area contributed by atoms with E-state index in [-0.39, 0.29) is 0 Å². The smallest absolute Gasteiger partial charge is 0.00672 e. The van der Waals surface area contributed by atoms with E-state index < -0.39 is 0 Å². The zero-order chi connectivity index (χ0) is 11.1. The van der Waals surface area contributed by atoms with E-state index in [1.807, 2.05) is 0 Å². The molecule has 90 valence electrons. The molecule has 0 aliphatic heterocycles. The molecule has 0 aromatic heterocycles. The molecule has 0 bridgehead atoms. The van der Waals surface area contributed by atoms with Crippen molar-refractivity contribution < 1.29 is 0 Å². The van der Waals surface area contributed by atoms with Gasteiger partial charge in [0.15, 0.2) is 0 Å². The molecular formula is C14H29N. The molecule has 1 aliphatic rings. The normalized spacial score (nSPS) is 28.0. The van der Waals surface area contributed by atoms with Crippen LogP contribution in [0.25, 0.3) is 0 Å². The third-order valence-corrected chi connectivity index (χ3v) is 3.60. The quantitative estimate of drug-likeness (QED) is 0.678. The highest BCUT2D eigenvalue weighted by atomic mass is 14.9. The van der Waals surface area contributed by atoms with Gasteiger partial charge in [0.25, 0.3) is 0 Å². The molecule has 0 aromatic rings. The fourth-order valence-electron chi connectivity index (χ4n) is 2.68. The summed E-state index contributed by atoms with van der Waals surface area (Å²) in [4.78, 5) is 0. The van der Waals surface area contributed by atoms with E-state index in [9.17, 15) is 0 Å². The summed E-state index contributed by atoms with van der Waals surface area (Å²) in [5.74, 6) is 1.82. The van der Waals surface area contributed by atoms with Crippen LogP contribution < -0.4 is 5.32 Å². The summed E-state index contributed by atoms with van der Waals surface area (Å²) in [6, 6.07) is 0.814. The fourth-order valence-corrected chi connectivity index (χ4v) is 2.68. The average molecular weight is 211 g/mol. The van der Waals surface area contributed by atoms with Gasteiger partial charge in [-0.2, -0.15) is 0 Å². The number of rotatable bonds is 5. The van der Waals surface area contributed by atoms with Gasteiger partial charge in [-0.15, -0.1) is 0 Å². The largest absolute Gasteiger partial charge is 0.314 e. The summed E-state index contributed by atoms with van der Waals surface area (Å²) in [7, 11) is 0. The SMILES string of the molecule is CCCC1CCCC(NCC(C)C)CC1. The molecule has 2 atom stereocenters. The predicted molar refractivity (Wildman–Crippen MR) is 68.1 cm³/mol. The van der Waals surface area contributed by atoms with Gasteiger partial charge in [-0.1, -0.05) is 46.5 Å². The molecule has 0 aromatic carbocycles. The van der Waals surface area contributed by atoms with Gasteiger partial charge in [-0.05, 0) is 37.6 Å². The lowest BCUT2D eigenvalue weighted by molar-refractivity contribution is 0.400. The van der Waals surface area contributed by atoms with E-state index in [0.717, 1.165) is 17.9 Å². The van der Waals surface area contributed by atoms with Crippen molar-refractivity contribution in [2.45, 2.75) is 71.8 Å². The van der Waals surface area contributed by atoms with Crippen LogP contribution in [0.4, 0.5) is 0 Å². The van der Waals surface area contributed by atoms with Crippen LogP contribution in [-0.4, -0.2) is 12.6 Å². The zero-order valence-corrected chi connectivity index (χ0v) is 10.9. The molecule has 0 saturated heterocycles. The molecule has 0 amide bonds. The Morgan fingerprint density at radius 1 is 1.13 bits per heavy atom. The van der Waals surface area contributed by atoms with Crippen LogP contribution in [0.3, 0.4) is 0 Å². The van der Waals surface area contributed by atoms with Gasteiger partial charge < -0.3 is 5.32 Å². The predicted octanol–water partition coefficient (Wildman–Crippen LogP) is 3.98. The number of hydrogen-bond acceptors (Lipinski definition) is 1. The van der Waals surface area contributed by atoms with Gasteiger partial charge in [-0.25, -0.2) is 0 Å². The zero-order valence-electron chi connectivity index (χ0n) is 10.9. The molecular weight excluding hydrogens is 182 g/mol. The Morgan fingerprint density at radius 2 is 1.93 bits per heavy atom. The van der Waals surface area contributed by atoms with Gasteiger partial charge in [0.1, 0.15) is 0 Å². The second-order valence-corrected chi connectivity index (χ2v) is 5.66. The Balaban J connectivity index is 2.20. The van der Waals surface area contributed by atoms with E-state index >= 15 is 0 Å². The average Bonchev–Trinajstić information content (AvgIpc) is 2.41. The molecule has 1 aliphatic carbocycles. The molecule has 1 N–H and O–H groups in total. The number of hydrogen-bond donors (Lipinski definition) is 1. The highest BCUT2D eigenvalue weighted by Crippen LogP contribution is 2.26. The van der Waals surface area contributed by atoms with Crippen molar-refractivity contribution in [2.24, 2.45) is 11.8 Å². The first-order valence-electron chi connectivity index (χ1n) is 6.95. The summed E-state index contributed by atoms with van der Waals surface area (Å²) in [5, 5.41) is 3.72. The second-order valence-electron chi connectivity index (χ2n) is 5.66. The summed E-state index contributed by atoms with van der Waals surface area (Å²) in [6.45, 7) is 8.11. The van der Waals surface area contributed by atoms with Crippen LogP contribution in [0.2, 0.25) is 0 Å². The van der Waals surface area contributed by atoms with Gasteiger partial charge in [0.2, 0.25) is 0 Å². The van der Waals surface area contributed by atoms with Crippen molar-refractivity contribution in [3.8, 4) is 0 Å². The third-order valence-electron chi connectivity index (χ3n) is 3.60. The Kier molecular flexibility index (Phi) is 6.31. The minimum atomic E-state index is 0.791. The van der Waals surface area contributed by atoms with E-state index in [1.165, 1.54) is 51.5 Å². The molecule has 0 spiro atoms. The highest BCUT2D eigenvalue weighted by Gasteiger charge is 2.17. The van der Waals surface area contributed by atoms with Crippen LogP contribution >= 0.6 is 0 Å². The van der Waals surface area contributed by atoms with Crippen LogP contribution in [0.15, 0.2) is 0 Å². The van der Waals surface area contributed by atoms with Crippen LogP contribution in [0, 0.1) is 11.8 Å². The molecule has 15 heavy (non-hydrogen) atoms. The first kappa shape index (κ1) is 13.0. The summed E-state index contributed by atoms with van der Waals surface area (Å²) in [5.41, 5.74) is 0. The van der Waals surface area contributed by atoms with E-state index in [1.54, 1.807) is 0 Å². The minimum absolute atomic E-state index is 0.791. The first-order chi connectivity index (χ1) is 7.22. The molecule has 1 rings (SSSR count). The maximum atomic E-state index is 3.72. The maximum Gasteiger partial charge on any atom is 0.00672 e. The van der Waals surface area contributed by atoms with Crippen LogP contribution in [-0.2, 0) is 0 Å². The Morgan fingerprint density at radius 3 is 2.60 bits per heavy atom. The first-order valence-corrected chi connectivity index (χ1v) is 6.95. The van der Waals surface area contributed by atoms with E-state index in [4.69, 9.17) is 0 Å². The Hall–Kier alpha value is -0.0400. The molecule has 1 saturated carbocycles. The van der Waals surface area contributed by atoms with Gasteiger partial charge >= 0.3 is 0 Å². The molecule has 1 nitrogen and oxygen atoms in total. The number of nitrogens with one attached hydrogen (secondary N) is 1. The van der Waals surface area contributed by atoms with Crippen molar-refractivity contribution in [3.05, 3.63) is 0 Å². The van der Waals surface area contributed by atoms with E-state index in [0.29, 0.717) is 0 Å². The lowest BCUT2D eigenvalue weighted by Crippen LogP contribution is -2.31. The molecule has 0 heterocycles. The van der Waals surface area contributed by atoms with Crippen molar-refractivity contribution in [2.75, 3.05) is 6.54 Å². The van der Waals surface area contributed by atoms with Crippen molar-refractivity contribution in [1.82, 2.24) is 5.32 Å². The maximum absolute atomic E-state index is 3.72. The Labute approximate surface area is 96.0 Å². The van der Waals surface area contributed by atoms with E-state index in [2.05, 4.69) is 26.1 Å². The lowest BCUT2D eigenvalue weighted by atomic mass is 9.95. The van der Waals surface area contributed by atoms with Crippen molar-refractivity contribution in [1.29, 1.82) is 0 Å². The fraction of sp³-hybridized carbons (Fsp3) is 1.00. The molecule has 1 fully saturated rings. The molecule has 0 radical (unpaired) electrons. The van der Waals surface area contributed by atoms with Gasteiger partial charge in [-0.3, -0.25) is 0 Å². The third kappa shape index (κ3) is 5.55. The Bertz CT molecular complexity index is 153. The minimum Gasteiger partial charge on any atom is -0.314 e. The topological polar surface area (TPSA) is 12.0 Å². The van der Waals surface area contributed by atoms with Gasteiger partial charge in [0, 0.05) is 6.04 Å². The monoisotopic (exact) mass is 211 g/mol. The van der Waals surface area contributed by atoms with Gasteiger partial charge in [0.05, 0.1) is 0 Å². The van der Waals surface area contributed by atoms with Crippen molar-refractivity contribution in [3.63, 3.8) is 0 Å².